The minimum Gasteiger partial charge on any atom is -0.343 e. The third kappa shape index (κ3) is 4.11. The molecule has 0 saturated carbocycles. The average Bonchev–Trinajstić information content (AvgIpc) is 2.40. The molecule has 0 aliphatic heterocycles. The number of nitriles is 1. The Balaban J connectivity index is 2.66. The monoisotopic (exact) mass is 259 g/mol. The molecule has 0 atom stereocenters. The molecule has 0 heterocycles. The highest BCUT2D eigenvalue weighted by molar-refractivity contribution is 6.04. The van der Waals surface area contributed by atoms with Gasteiger partial charge in [0.15, 0.2) is 0 Å². The van der Waals surface area contributed by atoms with E-state index in [1.165, 1.54) is 0 Å². The summed E-state index contributed by atoms with van der Waals surface area (Å²) in [5.41, 5.74) is 0.813. The number of rotatable bonds is 5. The van der Waals surface area contributed by atoms with Crippen molar-refractivity contribution in [3.05, 3.63) is 29.8 Å². The summed E-state index contributed by atoms with van der Waals surface area (Å²) in [5, 5.41) is 11.5. The molecule has 5 nitrogen and oxygen atoms in total. The van der Waals surface area contributed by atoms with Crippen molar-refractivity contribution < 1.29 is 9.59 Å². The Morgan fingerprint density at radius 2 is 1.89 bits per heavy atom. The lowest BCUT2D eigenvalue weighted by atomic mass is 10.2. The highest BCUT2D eigenvalue weighted by atomic mass is 16.2. The van der Waals surface area contributed by atoms with Gasteiger partial charge in [0.05, 0.1) is 11.3 Å². The lowest BCUT2D eigenvalue weighted by Gasteiger charge is -2.18. The van der Waals surface area contributed by atoms with Crippen LogP contribution >= 0.6 is 0 Å². The Hall–Kier alpha value is -2.35. The van der Waals surface area contributed by atoms with Crippen LogP contribution in [0.1, 0.15) is 25.8 Å². The molecular weight excluding hydrogens is 242 g/mol. The summed E-state index contributed by atoms with van der Waals surface area (Å²) >= 11 is 0. The standard InChI is InChI=1S/C14H17N3O2/c1-3-17(4-2)14(19)9-13(18)16-12-8-6-5-7-11(12)10-15/h5-8H,3-4,9H2,1-2H3,(H,16,18). The summed E-state index contributed by atoms with van der Waals surface area (Å²) in [4.78, 5) is 25.1. The largest absolute Gasteiger partial charge is 0.343 e. The zero-order chi connectivity index (χ0) is 14.3. The summed E-state index contributed by atoms with van der Waals surface area (Å²) in [6.45, 7) is 4.89. The quantitative estimate of drug-likeness (QED) is 0.819. The highest BCUT2D eigenvalue weighted by Gasteiger charge is 2.15. The molecule has 0 aliphatic carbocycles. The molecule has 2 amide bonds. The molecule has 19 heavy (non-hydrogen) atoms. The minimum absolute atomic E-state index is 0.207. The fourth-order valence-electron chi connectivity index (χ4n) is 1.71. The van der Waals surface area contributed by atoms with E-state index in [-0.39, 0.29) is 12.3 Å². The van der Waals surface area contributed by atoms with E-state index in [4.69, 9.17) is 5.26 Å². The van der Waals surface area contributed by atoms with Gasteiger partial charge in [-0.1, -0.05) is 12.1 Å². The summed E-state index contributed by atoms with van der Waals surface area (Å²) in [6, 6.07) is 8.68. The van der Waals surface area contributed by atoms with E-state index in [9.17, 15) is 9.59 Å². The second kappa shape index (κ2) is 7.17. The van der Waals surface area contributed by atoms with E-state index in [0.717, 1.165) is 0 Å². The predicted molar refractivity (Wildman–Crippen MR) is 72.3 cm³/mol. The van der Waals surface area contributed by atoms with Crippen molar-refractivity contribution in [2.45, 2.75) is 20.3 Å². The molecular formula is C14H17N3O2. The first-order chi connectivity index (χ1) is 9.12. The second-order valence-corrected chi connectivity index (χ2v) is 3.95. The van der Waals surface area contributed by atoms with Gasteiger partial charge in [0.2, 0.25) is 11.8 Å². The van der Waals surface area contributed by atoms with E-state index < -0.39 is 5.91 Å². The predicted octanol–water partition coefficient (Wildman–Crippen LogP) is 1.76. The summed E-state index contributed by atoms with van der Waals surface area (Å²) in [5.74, 6) is -0.614. The number of nitrogens with one attached hydrogen (secondary N) is 1. The van der Waals surface area contributed by atoms with E-state index in [1.807, 2.05) is 19.9 Å². The number of hydrogen-bond donors (Lipinski definition) is 1. The molecule has 0 unspecified atom stereocenters. The van der Waals surface area contributed by atoms with Crippen LogP contribution in [-0.4, -0.2) is 29.8 Å². The van der Waals surface area contributed by atoms with Gasteiger partial charge in [0, 0.05) is 13.1 Å². The third-order valence-corrected chi connectivity index (χ3v) is 2.75. The van der Waals surface area contributed by atoms with E-state index >= 15 is 0 Å². The molecule has 100 valence electrons. The van der Waals surface area contributed by atoms with E-state index in [0.29, 0.717) is 24.3 Å². The fraction of sp³-hybridized carbons (Fsp3) is 0.357. The van der Waals surface area contributed by atoms with Crippen LogP contribution in [0.25, 0.3) is 0 Å². The van der Waals surface area contributed by atoms with Gasteiger partial charge in [-0.25, -0.2) is 0 Å². The van der Waals surface area contributed by atoms with Crippen molar-refractivity contribution in [1.29, 1.82) is 5.26 Å². The number of anilines is 1. The van der Waals surface area contributed by atoms with Gasteiger partial charge in [-0.2, -0.15) is 5.26 Å². The van der Waals surface area contributed by atoms with Crippen molar-refractivity contribution in [3.63, 3.8) is 0 Å². The zero-order valence-corrected chi connectivity index (χ0v) is 11.1. The van der Waals surface area contributed by atoms with Crippen molar-refractivity contribution in [2.24, 2.45) is 0 Å². The molecule has 0 bridgehead atoms. The molecule has 5 heteroatoms. The van der Waals surface area contributed by atoms with Crippen molar-refractivity contribution in [2.75, 3.05) is 18.4 Å². The number of benzene rings is 1. The Labute approximate surface area is 112 Å². The zero-order valence-electron chi connectivity index (χ0n) is 11.1. The number of hydrogen-bond acceptors (Lipinski definition) is 3. The maximum atomic E-state index is 11.8. The summed E-state index contributed by atoms with van der Waals surface area (Å²) < 4.78 is 0. The topological polar surface area (TPSA) is 73.2 Å². The first kappa shape index (κ1) is 14.7. The first-order valence-electron chi connectivity index (χ1n) is 6.19. The Morgan fingerprint density at radius 1 is 1.26 bits per heavy atom. The molecule has 1 aromatic carbocycles. The Morgan fingerprint density at radius 3 is 2.47 bits per heavy atom. The van der Waals surface area contributed by atoms with Gasteiger partial charge in [-0.3, -0.25) is 9.59 Å². The molecule has 0 fully saturated rings. The summed E-state index contributed by atoms with van der Waals surface area (Å²) in [6.07, 6.45) is -0.207. The van der Waals surface area contributed by atoms with Gasteiger partial charge < -0.3 is 10.2 Å². The highest BCUT2D eigenvalue weighted by Crippen LogP contribution is 2.13. The van der Waals surface area contributed by atoms with Crippen LogP contribution in [0.15, 0.2) is 24.3 Å². The number of carbonyl (C=O) groups is 2. The average molecular weight is 259 g/mol. The lowest BCUT2D eigenvalue weighted by Crippen LogP contribution is -2.33. The van der Waals surface area contributed by atoms with Gasteiger partial charge in [0.25, 0.3) is 0 Å². The lowest BCUT2D eigenvalue weighted by molar-refractivity contribution is -0.134. The molecule has 1 rings (SSSR count). The minimum atomic E-state index is -0.403. The third-order valence-electron chi connectivity index (χ3n) is 2.75. The SMILES string of the molecule is CCN(CC)C(=O)CC(=O)Nc1ccccc1C#N. The molecule has 0 saturated heterocycles. The smallest absolute Gasteiger partial charge is 0.233 e. The van der Waals surface area contributed by atoms with Gasteiger partial charge in [-0.05, 0) is 26.0 Å². The molecule has 0 aliphatic rings. The summed E-state index contributed by atoms with van der Waals surface area (Å²) in [7, 11) is 0. The maximum absolute atomic E-state index is 11.8. The van der Waals surface area contributed by atoms with Gasteiger partial charge >= 0.3 is 0 Å². The number of carbonyl (C=O) groups excluding carboxylic acids is 2. The number of para-hydroxylation sites is 1. The van der Waals surface area contributed by atoms with Crippen LogP contribution in [0.5, 0.6) is 0 Å². The van der Waals surface area contributed by atoms with Crippen molar-refractivity contribution in [3.8, 4) is 6.07 Å². The van der Waals surface area contributed by atoms with E-state index in [2.05, 4.69) is 5.32 Å². The van der Waals surface area contributed by atoms with Gasteiger partial charge in [-0.15, -0.1) is 0 Å². The van der Waals surface area contributed by atoms with Gasteiger partial charge in [0.1, 0.15) is 12.5 Å². The van der Waals surface area contributed by atoms with Crippen LogP contribution in [0.2, 0.25) is 0 Å². The fourth-order valence-corrected chi connectivity index (χ4v) is 1.71. The number of amides is 2. The van der Waals surface area contributed by atoms with Crippen LogP contribution in [-0.2, 0) is 9.59 Å². The Bertz CT molecular complexity index is 502. The normalized spacial score (nSPS) is 9.53. The van der Waals surface area contributed by atoms with Crippen LogP contribution in [0, 0.1) is 11.3 Å². The van der Waals surface area contributed by atoms with Crippen LogP contribution in [0.3, 0.4) is 0 Å². The molecule has 0 aromatic heterocycles. The molecule has 1 N–H and O–H groups in total. The van der Waals surface area contributed by atoms with Crippen molar-refractivity contribution in [1.82, 2.24) is 4.90 Å². The van der Waals surface area contributed by atoms with Crippen LogP contribution in [0.4, 0.5) is 5.69 Å². The van der Waals surface area contributed by atoms with E-state index in [1.54, 1.807) is 29.2 Å². The number of nitrogens with zero attached hydrogens (tertiary/aromatic N) is 2. The Kier molecular flexibility index (Phi) is 5.55. The molecule has 1 aromatic rings. The second-order valence-electron chi connectivity index (χ2n) is 3.95. The molecule has 0 spiro atoms. The first-order valence-corrected chi connectivity index (χ1v) is 6.19. The molecule has 0 radical (unpaired) electrons. The van der Waals surface area contributed by atoms with Crippen LogP contribution < -0.4 is 5.32 Å². The maximum Gasteiger partial charge on any atom is 0.233 e. The van der Waals surface area contributed by atoms with Crippen molar-refractivity contribution >= 4 is 17.5 Å².